The smallest absolute Gasteiger partial charge is 0.333 e. The number of benzene rings is 1. The zero-order valence-electron chi connectivity index (χ0n) is 14.6. The maximum absolute atomic E-state index is 14.1. The number of hydrazine groups is 1. The second-order valence-electron chi connectivity index (χ2n) is 5.44. The van der Waals surface area contributed by atoms with Crippen molar-refractivity contribution in [3.05, 3.63) is 58.7 Å². The number of nitriles is 1. The molecule has 1 heterocycles. The van der Waals surface area contributed by atoms with Crippen LogP contribution >= 0.6 is 0 Å². The summed E-state index contributed by atoms with van der Waals surface area (Å²) in [5.41, 5.74) is 6.43. The van der Waals surface area contributed by atoms with Crippen LogP contribution in [0.5, 0.6) is 0 Å². The topological polar surface area (TPSA) is 99.0 Å². The molecular weight excluding hydrogens is 337 g/mol. The molecule has 1 aromatic carbocycles. The molecule has 7 nitrogen and oxygen atoms in total. The predicted molar refractivity (Wildman–Crippen MR) is 94.5 cm³/mol. The van der Waals surface area contributed by atoms with E-state index < -0.39 is 11.9 Å². The lowest BCUT2D eigenvalue weighted by Crippen LogP contribution is -2.46. The van der Waals surface area contributed by atoms with Gasteiger partial charge in [0.2, 0.25) is 0 Å². The van der Waals surface area contributed by atoms with Gasteiger partial charge in [0.05, 0.1) is 5.69 Å². The van der Waals surface area contributed by atoms with Gasteiger partial charge in [-0.05, 0) is 43.7 Å². The fourth-order valence-corrected chi connectivity index (χ4v) is 2.48. The molecule has 0 unspecified atom stereocenters. The standard InChI is InChI=1S/C18H18FN5O2/c1-11-8-13(9-14(10-20)17(25)22-23-18(26)21-3)12(2)24(11)16-7-5-4-6-15(16)19/h4-9H,1-3H3,(H,22,25)(H2,21,23,26). The fourth-order valence-electron chi connectivity index (χ4n) is 2.48. The minimum absolute atomic E-state index is 0.199. The Morgan fingerprint density at radius 1 is 1.23 bits per heavy atom. The first kappa shape index (κ1) is 18.7. The van der Waals surface area contributed by atoms with Gasteiger partial charge in [-0.1, -0.05) is 12.1 Å². The van der Waals surface area contributed by atoms with Gasteiger partial charge in [0.1, 0.15) is 17.5 Å². The van der Waals surface area contributed by atoms with Crippen molar-refractivity contribution in [3.63, 3.8) is 0 Å². The lowest BCUT2D eigenvalue weighted by molar-refractivity contribution is -0.117. The number of halogens is 1. The molecule has 2 aromatic rings. The number of urea groups is 1. The summed E-state index contributed by atoms with van der Waals surface area (Å²) in [6, 6.07) is 9.26. The largest absolute Gasteiger partial charge is 0.340 e. The first-order valence-electron chi connectivity index (χ1n) is 7.72. The van der Waals surface area contributed by atoms with Crippen LogP contribution in [0, 0.1) is 31.0 Å². The number of aromatic nitrogens is 1. The monoisotopic (exact) mass is 355 g/mol. The number of rotatable bonds is 3. The third-order valence-corrected chi connectivity index (χ3v) is 3.75. The van der Waals surface area contributed by atoms with E-state index in [0.717, 1.165) is 5.69 Å². The van der Waals surface area contributed by atoms with Gasteiger partial charge in [-0.2, -0.15) is 5.26 Å². The van der Waals surface area contributed by atoms with Gasteiger partial charge in [0.15, 0.2) is 0 Å². The van der Waals surface area contributed by atoms with Crippen LogP contribution in [0.15, 0.2) is 35.9 Å². The van der Waals surface area contributed by atoms with E-state index in [1.807, 2.05) is 0 Å². The number of amides is 3. The molecule has 0 saturated heterocycles. The van der Waals surface area contributed by atoms with Crippen LogP contribution < -0.4 is 16.2 Å². The zero-order chi connectivity index (χ0) is 19.3. The Bertz CT molecular complexity index is 924. The molecule has 1 aromatic heterocycles. The SMILES string of the molecule is CNC(=O)NNC(=O)C(C#N)=Cc1cc(C)n(-c2ccccc2F)c1C. The third-order valence-electron chi connectivity index (χ3n) is 3.75. The number of aryl methyl sites for hydroxylation is 1. The van der Waals surface area contributed by atoms with Crippen molar-refractivity contribution in [2.75, 3.05) is 7.05 Å². The maximum Gasteiger partial charge on any atom is 0.333 e. The van der Waals surface area contributed by atoms with Crippen LogP contribution in [0.3, 0.4) is 0 Å². The van der Waals surface area contributed by atoms with Crippen molar-refractivity contribution in [1.82, 2.24) is 20.7 Å². The molecule has 0 aliphatic heterocycles. The van der Waals surface area contributed by atoms with E-state index in [2.05, 4.69) is 16.2 Å². The molecule has 3 N–H and O–H groups in total. The van der Waals surface area contributed by atoms with Crippen LogP contribution in [0.2, 0.25) is 0 Å². The van der Waals surface area contributed by atoms with Crippen LogP contribution in [-0.2, 0) is 4.79 Å². The first-order chi connectivity index (χ1) is 12.4. The van der Waals surface area contributed by atoms with Gasteiger partial charge < -0.3 is 9.88 Å². The number of para-hydroxylation sites is 1. The highest BCUT2D eigenvalue weighted by Crippen LogP contribution is 2.24. The summed E-state index contributed by atoms with van der Waals surface area (Å²) in [6.07, 6.45) is 1.39. The van der Waals surface area contributed by atoms with Crippen LogP contribution in [0.1, 0.15) is 17.0 Å². The highest BCUT2D eigenvalue weighted by atomic mass is 19.1. The Labute approximate surface area is 150 Å². The minimum atomic E-state index is -0.758. The Kier molecular flexibility index (Phi) is 5.75. The molecule has 0 spiro atoms. The highest BCUT2D eigenvalue weighted by Gasteiger charge is 2.15. The number of carbonyl (C=O) groups is 2. The number of nitrogens with one attached hydrogen (secondary N) is 3. The second-order valence-corrected chi connectivity index (χ2v) is 5.44. The Morgan fingerprint density at radius 3 is 2.54 bits per heavy atom. The summed E-state index contributed by atoms with van der Waals surface area (Å²) >= 11 is 0. The Morgan fingerprint density at radius 2 is 1.92 bits per heavy atom. The minimum Gasteiger partial charge on any atom is -0.340 e. The zero-order valence-corrected chi connectivity index (χ0v) is 14.6. The lowest BCUT2D eigenvalue weighted by Gasteiger charge is -2.10. The van der Waals surface area contributed by atoms with Gasteiger partial charge in [-0.25, -0.2) is 14.6 Å². The quantitative estimate of drug-likeness (QED) is 0.447. The van der Waals surface area contributed by atoms with E-state index >= 15 is 0 Å². The average Bonchev–Trinajstić information content (AvgIpc) is 2.91. The molecule has 0 aliphatic rings. The van der Waals surface area contributed by atoms with E-state index in [1.165, 1.54) is 19.2 Å². The molecule has 0 aliphatic carbocycles. The van der Waals surface area contributed by atoms with E-state index in [0.29, 0.717) is 16.9 Å². The first-order valence-corrected chi connectivity index (χ1v) is 7.72. The fraction of sp³-hybridized carbons (Fsp3) is 0.167. The number of nitrogens with zero attached hydrogens (tertiary/aromatic N) is 2. The molecule has 2 rings (SSSR count). The van der Waals surface area contributed by atoms with Gasteiger partial charge in [-0.3, -0.25) is 10.2 Å². The summed E-state index contributed by atoms with van der Waals surface area (Å²) in [6.45, 7) is 3.57. The lowest BCUT2D eigenvalue weighted by atomic mass is 10.1. The number of hydrogen-bond acceptors (Lipinski definition) is 3. The molecule has 0 atom stereocenters. The van der Waals surface area contributed by atoms with Gasteiger partial charge in [0, 0.05) is 18.4 Å². The van der Waals surface area contributed by atoms with Crippen molar-refractivity contribution in [2.45, 2.75) is 13.8 Å². The van der Waals surface area contributed by atoms with Gasteiger partial charge in [-0.15, -0.1) is 0 Å². The molecule has 0 radical (unpaired) electrons. The van der Waals surface area contributed by atoms with Crippen molar-refractivity contribution in [1.29, 1.82) is 5.26 Å². The van der Waals surface area contributed by atoms with Crippen LogP contribution in [0.25, 0.3) is 11.8 Å². The Balaban J connectivity index is 2.37. The summed E-state index contributed by atoms with van der Waals surface area (Å²) < 4.78 is 15.8. The van der Waals surface area contributed by atoms with Crippen molar-refractivity contribution in [3.8, 4) is 11.8 Å². The molecule has 3 amide bonds. The molecular formula is C18H18FN5O2. The van der Waals surface area contributed by atoms with Crippen LogP contribution in [-0.4, -0.2) is 23.6 Å². The molecule has 0 fully saturated rings. The number of hydrogen-bond donors (Lipinski definition) is 3. The molecule has 0 bridgehead atoms. The number of carbonyl (C=O) groups excluding carboxylic acids is 2. The summed E-state index contributed by atoms with van der Waals surface area (Å²) in [7, 11) is 1.39. The third kappa shape index (κ3) is 3.89. The maximum atomic E-state index is 14.1. The normalized spacial score (nSPS) is 10.8. The van der Waals surface area contributed by atoms with Gasteiger partial charge in [0.25, 0.3) is 5.91 Å². The molecule has 0 saturated carbocycles. The van der Waals surface area contributed by atoms with Gasteiger partial charge >= 0.3 is 6.03 Å². The molecule has 8 heteroatoms. The highest BCUT2D eigenvalue weighted by molar-refractivity contribution is 6.02. The van der Waals surface area contributed by atoms with E-state index in [4.69, 9.17) is 0 Å². The van der Waals surface area contributed by atoms with Crippen molar-refractivity contribution >= 4 is 18.0 Å². The molecule has 26 heavy (non-hydrogen) atoms. The van der Waals surface area contributed by atoms with Crippen LogP contribution in [0.4, 0.5) is 9.18 Å². The average molecular weight is 355 g/mol. The van der Waals surface area contributed by atoms with E-state index in [9.17, 15) is 19.2 Å². The van der Waals surface area contributed by atoms with E-state index in [-0.39, 0.29) is 11.4 Å². The Hall–Kier alpha value is -3.60. The second kappa shape index (κ2) is 7.98. The summed E-state index contributed by atoms with van der Waals surface area (Å²) in [5.74, 6) is -1.13. The predicted octanol–water partition coefficient (Wildman–Crippen LogP) is 2.10. The van der Waals surface area contributed by atoms with Crippen molar-refractivity contribution < 1.29 is 14.0 Å². The van der Waals surface area contributed by atoms with Crippen molar-refractivity contribution in [2.24, 2.45) is 0 Å². The summed E-state index contributed by atoms with van der Waals surface area (Å²) in [4.78, 5) is 23.1. The van der Waals surface area contributed by atoms with E-state index in [1.54, 1.807) is 48.7 Å². The summed E-state index contributed by atoms with van der Waals surface area (Å²) in [5, 5.41) is 11.5. The molecule has 134 valence electrons.